The predicted molar refractivity (Wildman–Crippen MR) is 132 cm³/mol. The molecule has 0 aliphatic carbocycles. The number of benzene rings is 2. The van der Waals surface area contributed by atoms with Crippen molar-refractivity contribution in [3.8, 4) is 0 Å². The first kappa shape index (κ1) is 26.5. The van der Waals surface area contributed by atoms with Gasteiger partial charge in [0.2, 0.25) is 11.8 Å². The van der Waals surface area contributed by atoms with Crippen molar-refractivity contribution in [1.82, 2.24) is 10.2 Å². The number of carbonyl (C=O) groups is 2. The molecule has 2 aromatic carbocycles. The lowest BCUT2D eigenvalue weighted by atomic mass is 10.1. The molecule has 0 saturated carbocycles. The van der Waals surface area contributed by atoms with Crippen molar-refractivity contribution in [2.45, 2.75) is 45.5 Å². The smallest absolute Gasteiger partial charge is 0.242 e. The Kier molecular flexibility index (Phi) is 10.8. The van der Waals surface area contributed by atoms with Gasteiger partial charge in [0.1, 0.15) is 11.9 Å². The third-order valence-electron chi connectivity index (χ3n) is 4.90. The fourth-order valence-electron chi connectivity index (χ4n) is 3.15. The Morgan fingerprint density at radius 3 is 2.41 bits per heavy atom. The summed E-state index contributed by atoms with van der Waals surface area (Å²) >= 11 is 13.7. The Bertz CT molecular complexity index is 906. The van der Waals surface area contributed by atoms with E-state index in [1.807, 2.05) is 39.0 Å². The molecular weight excluding hydrogens is 470 g/mol. The van der Waals surface area contributed by atoms with Crippen molar-refractivity contribution < 1.29 is 14.0 Å². The van der Waals surface area contributed by atoms with Crippen LogP contribution >= 0.6 is 35.0 Å². The van der Waals surface area contributed by atoms with Crippen LogP contribution in [-0.2, 0) is 21.9 Å². The van der Waals surface area contributed by atoms with Crippen LogP contribution in [0.3, 0.4) is 0 Å². The molecule has 0 heterocycles. The van der Waals surface area contributed by atoms with E-state index in [1.165, 1.54) is 17.8 Å². The summed E-state index contributed by atoms with van der Waals surface area (Å²) in [4.78, 5) is 27.7. The molecule has 8 heteroatoms. The number of carbonyl (C=O) groups excluding carboxylic acids is 2. The van der Waals surface area contributed by atoms with Gasteiger partial charge in [-0.25, -0.2) is 4.39 Å². The lowest BCUT2D eigenvalue weighted by Crippen LogP contribution is -2.50. The lowest BCUT2D eigenvalue weighted by molar-refractivity contribution is -0.139. The van der Waals surface area contributed by atoms with E-state index >= 15 is 0 Å². The van der Waals surface area contributed by atoms with Crippen LogP contribution in [0, 0.1) is 11.7 Å². The number of nitrogens with zero attached hydrogens (tertiary/aromatic N) is 1. The number of amides is 2. The van der Waals surface area contributed by atoms with E-state index in [9.17, 15) is 14.0 Å². The van der Waals surface area contributed by atoms with Gasteiger partial charge in [-0.2, -0.15) is 0 Å². The summed E-state index contributed by atoms with van der Waals surface area (Å²) in [5, 5.41) is 3.79. The summed E-state index contributed by atoms with van der Waals surface area (Å²) in [6.45, 7) is 6.65. The molecule has 0 radical (unpaired) electrons. The predicted octanol–water partition coefficient (Wildman–Crippen LogP) is 5.95. The van der Waals surface area contributed by atoms with E-state index in [1.54, 1.807) is 23.1 Å². The van der Waals surface area contributed by atoms with Crippen LogP contribution < -0.4 is 5.32 Å². The molecule has 0 spiro atoms. The third-order valence-corrected chi connectivity index (χ3v) is 6.57. The minimum atomic E-state index is -0.629. The molecule has 1 N–H and O–H groups in total. The van der Waals surface area contributed by atoms with E-state index in [4.69, 9.17) is 23.2 Å². The summed E-state index contributed by atoms with van der Waals surface area (Å²) < 4.78 is 14.0. The average molecular weight is 499 g/mol. The van der Waals surface area contributed by atoms with Gasteiger partial charge in [0.15, 0.2) is 0 Å². The molecule has 0 aromatic heterocycles. The summed E-state index contributed by atoms with van der Waals surface area (Å²) in [5.41, 5.74) is 1.13. The lowest BCUT2D eigenvalue weighted by Gasteiger charge is -2.31. The van der Waals surface area contributed by atoms with Gasteiger partial charge in [0.25, 0.3) is 0 Å². The summed E-state index contributed by atoms with van der Waals surface area (Å²) in [6.07, 6.45) is 0.462. The molecule has 2 rings (SSSR count). The first-order valence-corrected chi connectivity index (χ1v) is 12.5. The Balaban J connectivity index is 2.17. The van der Waals surface area contributed by atoms with Gasteiger partial charge in [-0.3, -0.25) is 9.59 Å². The minimum Gasteiger partial charge on any atom is -0.354 e. The highest BCUT2D eigenvalue weighted by molar-refractivity contribution is 7.99. The van der Waals surface area contributed by atoms with Gasteiger partial charge >= 0.3 is 0 Å². The Morgan fingerprint density at radius 1 is 1.09 bits per heavy atom. The molecule has 0 aliphatic heterocycles. The third kappa shape index (κ3) is 7.68. The van der Waals surface area contributed by atoms with Crippen LogP contribution in [0.4, 0.5) is 4.39 Å². The zero-order valence-corrected chi connectivity index (χ0v) is 20.9. The van der Waals surface area contributed by atoms with Crippen molar-refractivity contribution in [2.75, 3.05) is 12.3 Å². The van der Waals surface area contributed by atoms with Crippen molar-refractivity contribution in [1.29, 1.82) is 0 Å². The second-order valence-corrected chi connectivity index (χ2v) is 9.67. The van der Waals surface area contributed by atoms with Gasteiger partial charge in [-0.1, -0.05) is 68.2 Å². The summed E-state index contributed by atoms with van der Waals surface area (Å²) in [5.74, 6) is -0.163. The number of hydrogen-bond donors (Lipinski definition) is 1. The Morgan fingerprint density at radius 2 is 1.78 bits per heavy atom. The maximum absolute atomic E-state index is 14.0. The second-order valence-electron chi connectivity index (χ2n) is 7.87. The van der Waals surface area contributed by atoms with Crippen molar-refractivity contribution in [3.05, 3.63) is 69.5 Å². The van der Waals surface area contributed by atoms with Gasteiger partial charge in [-0.15, -0.1) is 11.8 Å². The summed E-state index contributed by atoms with van der Waals surface area (Å²) in [7, 11) is 0. The molecule has 32 heavy (non-hydrogen) atoms. The second kappa shape index (κ2) is 13.1. The first-order valence-electron chi connectivity index (χ1n) is 10.6. The fourth-order valence-corrected chi connectivity index (χ4v) is 4.59. The molecule has 0 unspecified atom stereocenters. The molecule has 2 aromatic rings. The number of halogens is 3. The van der Waals surface area contributed by atoms with Crippen LogP contribution in [0.2, 0.25) is 10.0 Å². The molecular formula is C24H29Cl2FN2O2S. The van der Waals surface area contributed by atoms with Crippen molar-refractivity contribution >= 4 is 46.8 Å². The monoisotopic (exact) mass is 498 g/mol. The first-order chi connectivity index (χ1) is 15.2. The molecule has 0 fully saturated rings. The molecule has 2 amide bonds. The number of thioether (sulfide) groups is 1. The topological polar surface area (TPSA) is 49.4 Å². The highest BCUT2D eigenvalue weighted by Crippen LogP contribution is 2.25. The van der Waals surface area contributed by atoms with Crippen molar-refractivity contribution in [3.63, 3.8) is 0 Å². The van der Waals surface area contributed by atoms with Crippen molar-refractivity contribution in [2.24, 2.45) is 5.92 Å². The molecule has 1 atom stereocenters. The van der Waals surface area contributed by atoms with Crippen LogP contribution in [0.25, 0.3) is 0 Å². The van der Waals surface area contributed by atoms with Gasteiger partial charge in [-0.05, 0) is 36.1 Å². The fraction of sp³-hybridized carbons (Fsp3) is 0.417. The zero-order chi connectivity index (χ0) is 23.7. The average Bonchev–Trinajstić information content (AvgIpc) is 2.75. The van der Waals surface area contributed by atoms with E-state index in [-0.39, 0.29) is 29.9 Å². The quantitative estimate of drug-likeness (QED) is 0.416. The summed E-state index contributed by atoms with van der Waals surface area (Å²) in [6, 6.07) is 11.1. The van der Waals surface area contributed by atoms with E-state index in [2.05, 4.69) is 5.32 Å². The Labute approximate surface area is 203 Å². The Hall–Kier alpha value is -1.76. The van der Waals surface area contributed by atoms with E-state index in [0.717, 1.165) is 5.56 Å². The maximum Gasteiger partial charge on any atom is 0.242 e. The molecule has 0 saturated heterocycles. The standard InChI is InChI=1S/C24H29Cl2FN2O2S/c1-4-22(24(31)28-12-16(2)3)29(13-17-8-5-6-9-19(17)25)23(30)15-32-14-18-20(26)10-7-11-21(18)27/h5-11,16,22H,4,12-15H2,1-3H3,(H,28,31)/t22-/m0/s1. The minimum absolute atomic E-state index is 0.0864. The molecule has 0 aliphatic rings. The highest BCUT2D eigenvalue weighted by Gasteiger charge is 2.29. The normalized spacial score (nSPS) is 12.0. The van der Waals surface area contributed by atoms with Gasteiger partial charge in [0, 0.05) is 34.5 Å². The SMILES string of the molecule is CC[C@@H](C(=O)NCC(C)C)N(Cc1ccccc1Cl)C(=O)CSCc1c(F)cccc1Cl. The van der Waals surface area contributed by atoms with Gasteiger partial charge in [0.05, 0.1) is 5.75 Å². The largest absolute Gasteiger partial charge is 0.354 e. The van der Waals surface area contributed by atoms with Crippen LogP contribution in [0.5, 0.6) is 0 Å². The zero-order valence-electron chi connectivity index (χ0n) is 18.5. The molecule has 174 valence electrons. The van der Waals surface area contributed by atoms with E-state index in [0.29, 0.717) is 34.5 Å². The van der Waals surface area contributed by atoms with E-state index < -0.39 is 11.9 Å². The number of nitrogens with one attached hydrogen (secondary N) is 1. The van der Waals surface area contributed by atoms with Crippen LogP contribution in [0.1, 0.15) is 38.3 Å². The number of rotatable bonds is 11. The molecule has 0 bridgehead atoms. The molecule has 4 nitrogen and oxygen atoms in total. The van der Waals surface area contributed by atoms with Gasteiger partial charge < -0.3 is 10.2 Å². The number of hydrogen-bond acceptors (Lipinski definition) is 3. The maximum atomic E-state index is 14.0. The highest BCUT2D eigenvalue weighted by atomic mass is 35.5. The van der Waals surface area contributed by atoms with Crippen LogP contribution in [0.15, 0.2) is 42.5 Å². The van der Waals surface area contributed by atoms with Crippen LogP contribution in [-0.4, -0.2) is 35.1 Å².